The van der Waals surface area contributed by atoms with Gasteiger partial charge < -0.3 is 9.42 Å². The maximum Gasteiger partial charge on any atom is 0.227 e. The number of rotatable bonds is 5. The summed E-state index contributed by atoms with van der Waals surface area (Å²) in [5.74, 6) is 2.05. The lowest BCUT2D eigenvalue weighted by atomic mass is 9.93. The molecule has 0 unspecified atom stereocenters. The van der Waals surface area contributed by atoms with Crippen molar-refractivity contribution in [1.82, 2.24) is 15.0 Å². The van der Waals surface area contributed by atoms with Gasteiger partial charge in [0.15, 0.2) is 0 Å². The number of nitrogens with zero attached hydrogens (tertiary/aromatic N) is 3. The van der Waals surface area contributed by atoms with Crippen molar-refractivity contribution in [3.8, 4) is 11.4 Å². The molecular weight excluding hydrogens is 346 g/mol. The highest BCUT2D eigenvalue weighted by Gasteiger charge is 2.24. The number of hydrogen-bond acceptors (Lipinski definition) is 5. The first-order valence-electron chi connectivity index (χ1n) is 8.96. The summed E-state index contributed by atoms with van der Waals surface area (Å²) in [5, 5.41) is 6.10. The third-order valence-corrected chi connectivity index (χ3v) is 5.71. The Hall–Kier alpha value is -2.47. The van der Waals surface area contributed by atoms with Gasteiger partial charge in [0.2, 0.25) is 17.6 Å². The van der Waals surface area contributed by atoms with Gasteiger partial charge >= 0.3 is 0 Å². The molecule has 3 heterocycles. The molecule has 1 aromatic carbocycles. The number of thiophene rings is 1. The van der Waals surface area contributed by atoms with Crippen molar-refractivity contribution in [2.45, 2.75) is 25.7 Å². The molecule has 1 aliphatic rings. The molecule has 6 heteroatoms. The van der Waals surface area contributed by atoms with Gasteiger partial charge in [-0.25, -0.2) is 0 Å². The molecule has 0 bridgehead atoms. The minimum absolute atomic E-state index is 0.232. The highest BCUT2D eigenvalue weighted by atomic mass is 32.1. The van der Waals surface area contributed by atoms with Crippen LogP contribution in [0.5, 0.6) is 0 Å². The van der Waals surface area contributed by atoms with Gasteiger partial charge in [0, 0.05) is 30.0 Å². The summed E-state index contributed by atoms with van der Waals surface area (Å²) in [6.45, 7) is 1.63. The van der Waals surface area contributed by atoms with Crippen molar-refractivity contribution >= 4 is 17.2 Å². The van der Waals surface area contributed by atoms with Gasteiger partial charge in [0.1, 0.15) is 0 Å². The molecule has 0 saturated carbocycles. The fourth-order valence-electron chi connectivity index (χ4n) is 3.35. The van der Waals surface area contributed by atoms with Crippen molar-refractivity contribution < 1.29 is 9.32 Å². The summed E-state index contributed by atoms with van der Waals surface area (Å²) in [5.41, 5.74) is 0.969. The molecule has 1 fully saturated rings. The number of benzene rings is 1. The van der Waals surface area contributed by atoms with E-state index in [4.69, 9.17) is 4.52 Å². The largest absolute Gasteiger partial charge is 0.342 e. The van der Waals surface area contributed by atoms with Crippen LogP contribution in [0.4, 0.5) is 0 Å². The predicted molar refractivity (Wildman–Crippen MR) is 101 cm³/mol. The van der Waals surface area contributed by atoms with E-state index < -0.39 is 0 Å². The molecule has 134 valence electrons. The minimum Gasteiger partial charge on any atom is -0.342 e. The number of carbonyl (C=O) groups excluding carboxylic acids is 1. The number of amides is 1. The second-order valence-electron chi connectivity index (χ2n) is 6.66. The third kappa shape index (κ3) is 4.02. The van der Waals surface area contributed by atoms with Gasteiger partial charge in [-0.2, -0.15) is 4.98 Å². The van der Waals surface area contributed by atoms with Crippen molar-refractivity contribution in [3.05, 3.63) is 58.6 Å². The molecule has 0 atom stereocenters. The number of likely N-dealkylation sites (tertiary alicyclic amines) is 1. The monoisotopic (exact) mass is 367 g/mol. The third-order valence-electron chi connectivity index (χ3n) is 4.84. The van der Waals surface area contributed by atoms with Crippen LogP contribution in [0.2, 0.25) is 0 Å². The molecule has 0 radical (unpaired) electrons. The van der Waals surface area contributed by atoms with Crippen molar-refractivity contribution in [3.63, 3.8) is 0 Å². The molecule has 4 rings (SSSR count). The molecule has 3 aromatic rings. The van der Waals surface area contributed by atoms with Crippen LogP contribution < -0.4 is 0 Å². The van der Waals surface area contributed by atoms with Crippen LogP contribution in [0.25, 0.3) is 11.4 Å². The summed E-state index contributed by atoms with van der Waals surface area (Å²) in [4.78, 5) is 20.0. The Morgan fingerprint density at radius 1 is 1.15 bits per heavy atom. The van der Waals surface area contributed by atoms with E-state index in [1.54, 1.807) is 11.3 Å². The lowest BCUT2D eigenvalue weighted by molar-refractivity contribution is -0.131. The first-order chi connectivity index (χ1) is 12.8. The SMILES string of the molecule is O=C(Cc1cccs1)N1CCC(Cc2nc(-c3ccccc3)no2)CC1. The number of carbonyl (C=O) groups is 1. The molecule has 5 nitrogen and oxygen atoms in total. The highest BCUT2D eigenvalue weighted by molar-refractivity contribution is 7.10. The summed E-state index contributed by atoms with van der Waals surface area (Å²) in [6, 6.07) is 13.9. The lowest BCUT2D eigenvalue weighted by Crippen LogP contribution is -2.39. The van der Waals surface area contributed by atoms with E-state index in [-0.39, 0.29) is 5.91 Å². The van der Waals surface area contributed by atoms with Crippen LogP contribution in [0.1, 0.15) is 23.6 Å². The summed E-state index contributed by atoms with van der Waals surface area (Å²) in [7, 11) is 0. The first-order valence-corrected chi connectivity index (χ1v) is 9.84. The zero-order chi connectivity index (χ0) is 17.8. The Morgan fingerprint density at radius 3 is 2.69 bits per heavy atom. The van der Waals surface area contributed by atoms with E-state index in [2.05, 4.69) is 10.1 Å². The smallest absolute Gasteiger partial charge is 0.227 e. The average molecular weight is 367 g/mol. The standard InChI is InChI=1S/C20H21N3O2S/c24-19(14-17-7-4-12-26-17)23-10-8-15(9-11-23)13-18-21-20(22-25-18)16-5-2-1-3-6-16/h1-7,12,15H,8-11,13-14H2. The first kappa shape index (κ1) is 17.0. The summed E-state index contributed by atoms with van der Waals surface area (Å²) < 4.78 is 5.43. The van der Waals surface area contributed by atoms with Crippen LogP contribution in [0.3, 0.4) is 0 Å². The molecular formula is C20H21N3O2S. The summed E-state index contributed by atoms with van der Waals surface area (Å²) in [6.07, 6.45) is 3.28. The topological polar surface area (TPSA) is 59.2 Å². The van der Waals surface area contributed by atoms with Crippen molar-refractivity contribution in [2.24, 2.45) is 5.92 Å². The quantitative estimate of drug-likeness (QED) is 0.688. The van der Waals surface area contributed by atoms with Gasteiger partial charge in [-0.1, -0.05) is 41.6 Å². The zero-order valence-corrected chi connectivity index (χ0v) is 15.3. The molecule has 0 aliphatic carbocycles. The lowest BCUT2D eigenvalue weighted by Gasteiger charge is -2.31. The normalized spacial score (nSPS) is 15.3. The van der Waals surface area contributed by atoms with E-state index in [1.165, 1.54) is 0 Å². The van der Waals surface area contributed by atoms with E-state index in [9.17, 15) is 4.79 Å². The second-order valence-corrected chi connectivity index (χ2v) is 7.69. The maximum absolute atomic E-state index is 12.4. The van der Waals surface area contributed by atoms with Crippen molar-refractivity contribution in [2.75, 3.05) is 13.1 Å². The number of hydrogen-bond donors (Lipinski definition) is 0. The van der Waals surface area contributed by atoms with E-state index >= 15 is 0 Å². The molecule has 1 saturated heterocycles. The summed E-state index contributed by atoms with van der Waals surface area (Å²) >= 11 is 1.64. The van der Waals surface area contributed by atoms with E-state index in [0.717, 1.165) is 42.8 Å². The molecule has 26 heavy (non-hydrogen) atoms. The predicted octanol–water partition coefficient (Wildman–Crippen LogP) is 3.82. The number of aromatic nitrogens is 2. The van der Waals surface area contributed by atoms with Crippen molar-refractivity contribution in [1.29, 1.82) is 0 Å². The average Bonchev–Trinajstić information content (AvgIpc) is 3.35. The maximum atomic E-state index is 12.4. The van der Waals surface area contributed by atoms with E-state index in [0.29, 0.717) is 24.1 Å². The van der Waals surface area contributed by atoms with Crippen LogP contribution in [-0.2, 0) is 17.6 Å². The Bertz CT molecular complexity index is 837. The highest BCUT2D eigenvalue weighted by Crippen LogP contribution is 2.23. The van der Waals surface area contributed by atoms with Gasteiger partial charge in [-0.3, -0.25) is 4.79 Å². The van der Waals surface area contributed by atoms with Crippen LogP contribution in [0, 0.1) is 5.92 Å². The van der Waals surface area contributed by atoms with Crippen LogP contribution in [0.15, 0.2) is 52.4 Å². The minimum atomic E-state index is 0.232. The second kappa shape index (κ2) is 7.83. The van der Waals surface area contributed by atoms with Crippen LogP contribution in [-0.4, -0.2) is 34.0 Å². The molecule has 0 N–H and O–H groups in total. The Balaban J connectivity index is 1.29. The fraction of sp³-hybridized carbons (Fsp3) is 0.350. The van der Waals surface area contributed by atoms with Gasteiger partial charge in [0.05, 0.1) is 6.42 Å². The van der Waals surface area contributed by atoms with Gasteiger partial charge in [-0.15, -0.1) is 11.3 Å². The van der Waals surface area contributed by atoms with Crippen LogP contribution >= 0.6 is 11.3 Å². The van der Waals surface area contributed by atoms with Gasteiger partial charge in [-0.05, 0) is 30.2 Å². The molecule has 0 spiro atoms. The molecule has 2 aromatic heterocycles. The Labute approximate surface area is 156 Å². The molecule has 1 aliphatic heterocycles. The Kier molecular flexibility index (Phi) is 5.11. The Morgan fingerprint density at radius 2 is 1.96 bits per heavy atom. The molecule has 1 amide bonds. The fourth-order valence-corrected chi connectivity index (χ4v) is 4.05. The van der Waals surface area contributed by atoms with Gasteiger partial charge in [0.25, 0.3) is 0 Å². The van der Waals surface area contributed by atoms with E-state index in [1.807, 2.05) is 52.7 Å². The number of piperidine rings is 1. The zero-order valence-electron chi connectivity index (χ0n) is 14.5.